The Balaban J connectivity index is 1.14. The minimum atomic E-state index is -4.44. The molecule has 4 aliphatic rings. The molecule has 40 heavy (non-hydrogen) atoms. The molecule has 2 aliphatic carbocycles. The van der Waals surface area contributed by atoms with Crippen LogP contribution >= 0.6 is 0 Å². The smallest absolute Gasteiger partial charge is 0.384 e. The maximum Gasteiger partial charge on any atom is 0.417 e. The molecule has 2 aliphatic heterocycles. The number of alkyl halides is 3. The number of aryl methyl sites for hydroxylation is 1. The first-order chi connectivity index (χ1) is 19.1. The summed E-state index contributed by atoms with van der Waals surface area (Å²) in [4.78, 5) is 6.48. The van der Waals surface area contributed by atoms with E-state index in [9.17, 15) is 17.6 Å². The summed E-state index contributed by atoms with van der Waals surface area (Å²) in [7, 11) is 0. The molecule has 5 nitrogen and oxygen atoms in total. The number of anilines is 1. The van der Waals surface area contributed by atoms with Crippen molar-refractivity contribution in [1.82, 2.24) is 15.5 Å². The number of hydrogen-bond donors (Lipinski definition) is 1. The Morgan fingerprint density at radius 2 is 1.85 bits per heavy atom. The van der Waals surface area contributed by atoms with Gasteiger partial charge in [-0.1, -0.05) is 11.2 Å². The van der Waals surface area contributed by atoms with Gasteiger partial charge in [0.25, 0.3) is 0 Å². The summed E-state index contributed by atoms with van der Waals surface area (Å²) >= 11 is 0. The average Bonchev–Trinajstić information content (AvgIpc) is 3.65. The van der Waals surface area contributed by atoms with Crippen molar-refractivity contribution < 1.29 is 22.1 Å². The molecule has 1 saturated carbocycles. The van der Waals surface area contributed by atoms with Crippen molar-refractivity contribution in [3.8, 4) is 0 Å². The molecule has 0 bridgehead atoms. The summed E-state index contributed by atoms with van der Waals surface area (Å²) in [6, 6.07) is 6.32. The van der Waals surface area contributed by atoms with Gasteiger partial charge in [0.05, 0.1) is 17.6 Å². The third-order valence-corrected chi connectivity index (χ3v) is 8.84. The molecule has 1 saturated heterocycles. The summed E-state index contributed by atoms with van der Waals surface area (Å²) < 4.78 is 62.0. The maximum absolute atomic E-state index is 14.9. The molecule has 0 amide bonds. The van der Waals surface area contributed by atoms with Gasteiger partial charge in [-0.25, -0.2) is 4.39 Å². The van der Waals surface area contributed by atoms with E-state index < -0.39 is 11.7 Å². The summed E-state index contributed by atoms with van der Waals surface area (Å²) in [5.74, 6) is 0.993. The van der Waals surface area contributed by atoms with E-state index in [0.29, 0.717) is 28.4 Å². The molecule has 3 aromatic rings. The Hall–Kier alpha value is -3.62. The van der Waals surface area contributed by atoms with Crippen LogP contribution in [0.2, 0.25) is 0 Å². The number of halogens is 4. The topological polar surface area (TPSA) is 54.2 Å². The zero-order chi connectivity index (χ0) is 27.8. The van der Waals surface area contributed by atoms with E-state index in [-0.39, 0.29) is 23.2 Å². The number of nitrogens with one attached hydrogen (secondary N) is 1. The molecule has 1 N–H and O–H groups in total. The zero-order valence-electron chi connectivity index (χ0n) is 22.5. The summed E-state index contributed by atoms with van der Waals surface area (Å²) in [6.45, 7) is 5.10. The van der Waals surface area contributed by atoms with E-state index in [0.717, 1.165) is 73.8 Å². The van der Waals surface area contributed by atoms with Gasteiger partial charge < -0.3 is 14.7 Å². The van der Waals surface area contributed by atoms with Crippen LogP contribution in [-0.4, -0.2) is 29.8 Å². The Bertz CT molecular complexity index is 1620. The molecule has 1 aromatic carbocycles. The van der Waals surface area contributed by atoms with Crippen molar-refractivity contribution in [3.05, 3.63) is 76.2 Å². The van der Waals surface area contributed by atoms with Crippen LogP contribution < -0.4 is 10.2 Å². The first kappa shape index (κ1) is 25.4. The molecule has 9 heteroatoms. The number of nitrogens with zero attached hydrogens (tertiary/aromatic N) is 3. The molecular weight excluding hydrogens is 520 g/mol. The van der Waals surface area contributed by atoms with Crippen molar-refractivity contribution in [2.75, 3.05) is 24.5 Å². The Labute approximate surface area is 229 Å². The fourth-order valence-corrected chi connectivity index (χ4v) is 6.58. The average molecular weight is 551 g/mol. The largest absolute Gasteiger partial charge is 0.417 e. The van der Waals surface area contributed by atoms with Crippen LogP contribution in [0, 0.1) is 12.3 Å². The second kappa shape index (κ2) is 8.94. The number of dihydropyridines is 1. The zero-order valence-corrected chi connectivity index (χ0v) is 22.5. The van der Waals surface area contributed by atoms with Gasteiger partial charge >= 0.3 is 6.18 Å². The lowest BCUT2D eigenvalue weighted by Crippen LogP contribution is -2.42. The highest BCUT2D eigenvalue weighted by atomic mass is 19.4. The summed E-state index contributed by atoms with van der Waals surface area (Å²) in [5, 5.41) is 7.46. The highest BCUT2D eigenvalue weighted by Gasteiger charge is 2.44. The third kappa shape index (κ3) is 4.21. The Morgan fingerprint density at radius 3 is 2.52 bits per heavy atom. The summed E-state index contributed by atoms with van der Waals surface area (Å²) in [6.07, 6.45) is 4.47. The van der Waals surface area contributed by atoms with Crippen LogP contribution in [0.3, 0.4) is 0 Å². The van der Waals surface area contributed by atoms with E-state index in [1.54, 1.807) is 19.1 Å². The molecule has 1 spiro atoms. The monoisotopic (exact) mass is 550 g/mol. The van der Waals surface area contributed by atoms with E-state index in [1.807, 2.05) is 19.2 Å². The van der Waals surface area contributed by atoms with Crippen molar-refractivity contribution >= 4 is 27.7 Å². The van der Waals surface area contributed by atoms with Gasteiger partial charge in [0, 0.05) is 53.1 Å². The third-order valence-electron chi connectivity index (χ3n) is 8.84. The summed E-state index contributed by atoms with van der Waals surface area (Å²) in [5.41, 5.74) is 4.95. The first-order valence-corrected chi connectivity index (χ1v) is 13.9. The number of benzene rings is 1. The highest BCUT2D eigenvalue weighted by Crippen LogP contribution is 2.55. The Morgan fingerprint density at radius 1 is 1.10 bits per heavy atom. The first-order valence-electron chi connectivity index (χ1n) is 13.9. The van der Waals surface area contributed by atoms with E-state index in [2.05, 4.69) is 26.4 Å². The van der Waals surface area contributed by atoms with Crippen LogP contribution in [0.1, 0.15) is 73.2 Å². The van der Waals surface area contributed by atoms with Crippen LogP contribution in [-0.2, 0) is 6.18 Å². The van der Waals surface area contributed by atoms with Gasteiger partial charge in [-0.3, -0.25) is 4.98 Å². The number of hydrogen-bond acceptors (Lipinski definition) is 5. The second-order valence-corrected chi connectivity index (χ2v) is 11.7. The number of rotatable bonds is 4. The van der Waals surface area contributed by atoms with Gasteiger partial charge in [0.15, 0.2) is 0 Å². The van der Waals surface area contributed by atoms with Crippen LogP contribution in [0.4, 0.5) is 23.2 Å². The molecule has 0 atom stereocenters. The molecule has 4 heterocycles. The number of piperidine rings is 1. The predicted molar refractivity (Wildman–Crippen MR) is 146 cm³/mol. The minimum Gasteiger partial charge on any atom is -0.384 e. The molecule has 2 fully saturated rings. The van der Waals surface area contributed by atoms with E-state index in [4.69, 9.17) is 4.52 Å². The SMILES string of the molecule is CC1=CNCC(F)=C1c1noc(C2CC2)c1C1=CC2(CCN(c3ccc4nc(C)cc(C(F)(F)F)c4c3)CC2)C1. The fourth-order valence-electron chi connectivity index (χ4n) is 6.58. The van der Waals surface area contributed by atoms with Gasteiger partial charge in [-0.2, -0.15) is 13.2 Å². The van der Waals surface area contributed by atoms with Crippen LogP contribution in [0.25, 0.3) is 22.0 Å². The molecular formula is C31H30F4N4O. The lowest BCUT2D eigenvalue weighted by atomic mass is 9.63. The number of pyridine rings is 1. The van der Waals surface area contributed by atoms with Crippen molar-refractivity contribution in [3.63, 3.8) is 0 Å². The van der Waals surface area contributed by atoms with E-state index in [1.165, 1.54) is 5.57 Å². The molecule has 2 aromatic heterocycles. The minimum absolute atomic E-state index is 0.0275. The fraction of sp³-hybridized carbons (Fsp3) is 0.419. The number of fused-ring (bicyclic) bond motifs is 1. The van der Waals surface area contributed by atoms with Gasteiger partial charge in [0.2, 0.25) is 0 Å². The van der Waals surface area contributed by atoms with Gasteiger partial charge in [-0.05, 0) is 86.8 Å². The number of allylic oxidation sites excluding steroid dienone is 4. The van der Waals surface area contributed by atoms with Crippen LogP contribution in [0.5, 0.6) is 0 Å². The van der Waals surface area contributed by atoms with Crippen molar-refractivity contribution in [2.45, 2.75) is 58.0 Å². The van der Waals surface area contributed by atoms with Crippen molar-refractivity contribution in [1.29, 1.82) is 0 Å². The standard InChI is InChI=1S/C31H30F4N4O/c1-17-15-36-16-24(32)26(17)28-27(29(40-38-28)19-3-4-19)20-13-30(14-20)7-9-39(10-8-30)21-5-6-25-22(12-21)23(31(33,34)35)11-18(2)37-25/h5-6,11-13,15,19,36H,3-4,7-10,14,16H2,1-2H3. The van der Waals surface area contributed by atoms with Crippen LogP contribution in [0.15, 0.2) is 52.5 Å². The molecule has 0 unspecified atom stereocenters. The maximum atomic E-state index is 14.9. The van der Waals surface area contributed by atoms with Gasteiger partial charge in [-0.15, -0.1) is 0 Å². The molecule has 208 valence electrons. The normalized spacial score (nSPS) is 20.9. The molecule has 0 radical (unpaired) electrons. The lowest BCUT2D eigenvalue weighted by Gasteiger charge is -2.47. The number of aromatic nitrogens is 2. The quantitative estimate of drug-likeness (QED) is 0.338. The Kier molecular flexibility index (Phi) is 5.67. The predicted octanol–water partition coefficient (Wildman–Crippen LogP) is 7.69. The van der Waals surface area contributed by atoms with E-state index >= 15 is 0 Å². The second-order valence-electron chi connectivity index (χ2n) is 11.7. The van der Waals surface area contributed by atoms with Gasteiger partial charge in [0.1, 0.15) is 17.3 Å². The lowest BCUT2D eigenvalue weighted by molar-refractivity contribution is -0.136. The van der Waals surface area contributed by atoms with Crippen molar-refractivity contribution in [2.24, 2.45) is 5.41 Å². The molecule has 7 rings (SSSR count). The highest BCUT2D eigenvalue weighted by molar-refractivity contribution is 5.89.